The van der Waals surface area contributed by atoms with Gasteiger partial charge in [-0.05, 0) is 12.8 Å². The second kappa shape index (κ2) is 3.22. The molecule has 0 aromatic heterocycles. The Labute approximate surface area is 102 Å². The van der Waals surface area contributed by atoms with Crippen LogP contribution in [0.4, 0.5) is 0 Å². The molecule has 0 spiro atoms. The second-order valence-electron chi connectivity index (χ2n) is 5.28. The van der Waals surface area contributed by atoms with Crippen molar-refractivity contribution in [2.75, 3.05) is 5.33 Å². The second-order valence-corrected chi connectivity index (χ2v) is 5.84. The Bertz CT molecular complexity index is 369. The topological polar surface area (TPSA) is 52.6 Å². The molecular formula is C11H13BrO4. The fourth-order valence-electron chi connectivity index (χ4n) is 3.63. The lowest BCUT2D eigenvalue weighted by Crippen LogP contribution is -2.41. The Morgan fingerprint density at radius 3 is 3.06 bits per heavy atom. The smallest absolute Gasteiger partial charge is 0.316 e. The molecule has 0 radical (unpaired) electrons. The molecule has 16 heavy (non-hydrogen) atoms. The van der Waals surface area contributed by atoms with Crippen molar-refractivity contribution in [1.29, 1.82) is 0 Å². The van der Waals surface area contributed by atoms with Crippen molar-refractivity contribution in [3.05, 3.63) is 0 Å². The van der Waals surface area contributed by atoms with E-state index < -0.39 is 0 Å². The molecule has 1 heterocycles. The van der Waals surface area contributed by atoms with Crippen molar-refractivity contribution >= 4 is 27.9 Å². The summed E-state index contributed by atoms with van der Waals surface area (Å²) in [5.74, 6) is -0.0612. The van der Waals surface area contributed by atoms with Crippen LogP contribution in [0.25, 0.3) is 0 Å². The first-order valence-corrected chi connectivity index (χ1v) is 6.63. The zero-order valence-electron chi connectivity index (χ0n) is 8.94. The van der Waals surface area contributed by atoms with E-state index in [-0.39, 0.29) is 46.7 Å². The third-order valence-electron chi connectivity index (χ3n) is 4.23. The van der Waals surface area contributed by atoms with Crippen LogP contribution in [-0.2, 0) is 19.1 Å². The van der Waals surface area contributed by atoms with Gasteiger partial charge in [-0.1, -0.05) is 22.9 Å². The fraction of sp³-hybridized carbons (Fsp3) is 0.818. The molecule has 3 aliphatic rings. The average molecular weight is 289 g/mol. The van der Waals surface area contributed by atoms with Crippen LogP contribution < -0.4 is 0 Å². The van der Waals surface area contributed by atoms with E-state index >= 15 is 0 Å². The van der Waals surface area contributed by atoms with Crippen LogP contribution in [0.5, 0.6) is 0 Å². The highest BCUT2D eigenvalue weighted by Gasteiger charge is 2.68. The number of alkyl halides is 1. The van der Waals surface area contributed by atoms with E-state index in [0.717, 1.165) is 12.8 Å². The summed E-state index contributed by atoms with van der Waals surface area (Å²) in [4.78, 5) is 22.9. The maximum Gasteiger partial charge on any atom is 0.316 e. The van der Waals surface area contributed by atoms with Crippen molar-refractivity contribution in [1.82, 2.24) is 0 Å². The molecule has 0 N–H and O–H groups in total. The monoisotopic (exact) mass is 288 g/mol. The standard InChI is InChI=1S/C11H13BrO4/c1-11-2-5-6(3-11)10(14)16-8(5)9(11)15-7(13)4-12/h5-6,8-9H,2-4H2,1H3. The van der Waals surface area contributed by atoms with Gasteiger partial charge in [-0.25, -0.2) is 0 Å². The summed E-state index contributed by atoms with van der Waals surface area (Å²) in [6.07, 6.45) is 1.30. The Balaban J connectivity index is 1.86. The molecule has 1 aliphatic heterocycles. The number of carbonyl (C=O) groups is 2. The van der Waals surface area contributed by atoms with Crippen LogP contribution in [0.1, 0.15) is 19.8 Å². The van der Waals surface area contributed by atoms with Gasteiger partial charge in [-0.3, -0.25) is 9.59 Å². The number of rotatable bonds is 2. The zero-order chi connectivity index (χ0) is 11.5. The summed E-state index contributed by atoms with van der Waals surface area (Å²) < 4.78 is 10.7. The first-order chi connectivity index (χ1) is 7.55. The van der Waals surface area contributed by atoms with Crippen molar-refractivity contribution in [2.45, 2.75) is 32.0 Å². The number of carbonyl (C=O) groups excluding carboxylic acids is 2. The number of ether oxygens (including phenoxy) is 2. The summed E-state index contributed by atoms with van der Waals surface area (Å²) in [6, 6.07) is 0. The van der Waals surface area contributed by atoms with E-state index in [1.165, 1.54) is 0 Å². The van der Waals surface area contributed by atoms with Crippen LogP contribution in [0.3, 0.4) is 0 Å². The van der Waals surface area contributed by atoms with E-state index in [4.69, 9.17) is 9.47 Å². The van der Waals surface area contributed by atoms with Crippen molar-refractivity contribution in [3.63, 3.8) is 0 Å². The van der Waals surface area contributed by atoms with E-state index in [2.05, 4.69) is 22.9 Å². The van der Waals surface area contributed by atoms with Gasteiger partial charge in [0.25, 0.3) is 0 Å². The summed E-state index contributed by atoms with van der Waals surface area (Å²) in [5.41, 5.74) is -0.0655. The molecule has 5 unspecified atom stereocenters. The molecule has 2 saturated carbocycles. The third kappa shape index (κ3) is 1.21. The number of fused-ring (bicyclic) bond motifs is 1. The van der Waals surface area contributed by atoms with Gasteiger partial charge in [0.05, 0.1) is 5.92 Å². The molecule has 5 atom stereocenters. The summed E-state index contributed by atoms with van der Waals surface area (Å²) in [7, 11) is 0. The van der Waals surface area contributed by atoms with Crippen LogP contribution >= 0.6 is 15.9 Å². The average Bonchev–Trinajstić information content (AvgIpc) is 2.78. The SMILES string of the molecule is CC12CC3C(=O)OC(C3C1)C2OC(=O)CBr. The Morgan fingerprint density at radius 1 is 1.62 bits per heavy atom. The molecule has 0 aromatic rings. The molecule has 2 aliphatic carbocycles. The van der Waals surface area contributed by atoms with Gasteiger partial charge < -0.3 is 9.47 Å². The minimum Gasteiger partial charge on any atom is -0.458 e. The lowest BCUT2D eigenvalue weighted by Gasteiger charge is -2.32. The number of halogens is 1. The Morgan fingerprint density at radius 2 is 2.38 bits per heavy atom. The lowest BCUT2D eigenvalue weighted by atomic mass is 9.79. The van der Waals surface area contributed by atoms with E-state index in [1.807, 2.05) is 0 Å². The lowest BCUT2D eigenvalue weighted by molar-refractivity contribution is -0.162. The third-order valence-corrected chi connectivity index (χ3v) is 4.69. The predicted molar refractivity (Wildman–Crippen MR) is 57.9 cm³/mol. The van der Waals surface area contributed by atoms with Crippen LogP contribution in [0.15, 0.2) is 0 Å². The van der Waals surface area contributed by atoms with Gasteiger partial charge in [-0.15, -0.1) is 0 Å². The molecule has 2 bridgehead atoms. The van der Waals surface area contributed by atoms with Gasteiger partial charge in [0, 0.05) is 11.3 Å². The first-order valence-electron chi connectivity index (χ1n) is 5.51. The highest BCUT2D eigenvalue weighted by atomic mass is 79.9. The highest BCUT2D eigenvalue weighted by Crippen LogP contribution is 2.62. The maximum absolute atomic E-state index is 11.6. The molecule has 3 rings (SSSR count). The summed E-state index contributed by atoms with van der Waals surface area (Å²) >= 11 is 3.07. The number of hydrogen-bond acceptors (Lipinski definition) is 4. The molecular weight excluding hydrogens is 276 g/mol. The van der Waals surface area contributed by atoms with E-state index in [1.54, 1.807) is 0 Å². The van der Waals surface area contributed by atoms with E-state index in [9.17, 15) is 9.59 Å². The fourth-order valence-corrected chi connectivity index (χ4v) is 3.76. The zero-order valence-corrected chi connectivity index (χ0v) is 10.5. The largest absolute Gasteiger partial charge is 0.458 e. The minimum atomic E-state index is -0.279. The molecule has 0 aromatic carbocycles. The molecule has 4 nitrogen and oxygen atoms in total. The molecule has 0 amide bonds. The first kappa shape index (κ1) is 10.6. The normalized spacial score (nSPS) is 48.2. The van der Waals surface area contributed by atoms with Crippen LogP contribution in [0.2, 0.25) is 0 Å². The van der Waals surface area contributed by atoms with Gasteiger partial charge in [0.1, 0.15) is 17.5 Å². The van der Waals surface area contributed by atoms with Crippen molar-refractivity contribution in [3.8, 4) is 0 Å². The van der Waals surface area contributed by atoms with Gasteiger partial charge in [0.2, 0.25) is 0 Å². The van der Waals surface area contributed by atoms with E-state index in [0.29, 0.717) is 0 Å². The minimum absolute atomic E-state index is 0.0499. The predicted octanol–water partition coefficient (Wildman–Crippen LogP) is 1.26. The number of hydrogen-bond donors (Lipinski definition) is 0. The van der Waals surface area contributed by atoms with Gasteiger partial charge in [0.15, 0.2) is 0 Å². The molecule has 3 fully saturated rings. The van der Waals surface area contributed by atoms with Gasteiger partial charge >= 0.3 is 11.9 Å². The quantitative estimate of drug-likeness (QED) is 0.567. The summed E-state index contributed by atoms with van der Waals surface area (Å²) in [6.45, 7) is 2.09. The summed E-state index contributed by atoms with van der Waals surface area (Å²) in [5, 5.41) is 0.189. The van der Waals surface area contributed by atoms with Gasteiger partial charge in [-0.2, -0.15) is 0 Å². The highest BCUT2D eigenvalue weighted by molar-refractivity contribution is 9.09. The molecule has 88 valence electrons. The van der Waals surface area contributed by atoms with Crippen molar-refractivity contribution < 1.29 is 19.1 Å². The molecule has 5 heteroatoms. The number of esters is 2. The Hall–Kier alpha value is -0.580. The van der Waals surface area contributed by atoms with Crippen LogP contribution in [-0.4, -0.2) is 29.5 Å². The molecule has 1 saturated heterocycles. The van der Waals surface area contributed by atoms with Crippen molar-refractivity contribution in [2.24, 2.45) is 17.3 Å². The van der Waals surface area contributed by atoms with Crippen LogP contribution in [0, 0.1) is 17.3 Å². The Kier molecular flexibility index (Phi) is 2.12. The maximum atomic E-state index is 11.6.